The van der Waals surface area contributed by atoms with Gasteiger partial charge in [-0.05, 0) is 42.3 Å². The topological polar surface area (TPSA) is 33.6 Å². The van der Waals surface area contributed by atoms with Crippen LogP contribution in [0.4, 0.5) is 0 Å². The summed E-state index contributed by atoms with van der Waals surface area (Å²) in [5.41, 5.74) is 3.70. The molecule has 0 aromatic carbocycles. The molecule has 0 aliphatic rings. The molecule has 2 rings (SSSR count). The van der Waals surface area contributed by atoms with Crippen LogP contribution in [-0.2, 0) is 6.54 Å². The summed E-state index contributed by atoms with van der Waals surface area (Å²) in [6.45, 7) is 7.23. The largest absolute Gasteiger partial charge is 0.337 e. The molecule has 0 aliphatic carbocycles. The van der Waals surface area contributed by atoms with Crippen LogP contribution in [0.2, 0.25) is 0 Å². The number of aromatic nitrogens is 3. The van der Waals surface area contributed by atoms with Gasteiger partial charge in [0.2, 0.25) is 0 Å². The molecule has 1 N–H and O–H groups in total. The summed E-state index contributed by atoms with van der Waals surface area (Å²) in [5.74, 6) is 0.458. The van der Waals surface area contributed by atoms with E-state index in [0.29, 0.717) is 5.92 Å². The molecule has 0 saturated heterocycles. The fourth-order valence-electron chi connectivity index (χ4n) is 1.88. The summed E-state index contributed by atoms with van der Waals surface area (Å²) >= 11 is 5.32. The van der Waals surface area contributed by atoms with Gasteiger partial charge in [0.25, 0.3) is 0 Å². The number of hydrogen-bond donors (Lipinski definition) is 1. The molecule has 0 spiro atoms. The van der Waals surface area contributed by atoms with Crippen molar-refractivity contribution in [3.63, 3.8) is 0 Å². The lowest BCUT2D eigenvalue weighted by molar-refractivity contribution is 0.681. The molecule has 0 fully saturated rings. The minimum atomic E-state index is 0.458. The second-order valence-electron chi connectivity index (χ2n) is 4.56. The number of nitrogens with one attached hydrogen (secondary N) is 1. The van der Waals surface area contributed by atoms with Gasteiger partial charge in [-0.1, -0.05) is 13.8 Å². The first-order chi connectivity index (χ1) is 8.09. The van der Waals surface area contributed by atoms with Gasteiger partial charge >= 0.3 is 0 Å². The van der Waals surface area contributed by atoms with E-state index >= 15 is 0 Å². The minimum Gasteiger partial charge on any atom is -0.337 e. The third-order valence-electron chi connectivity index (χ3n) is 2.97. The molecule has 4 heteroatoms. The molecule has 0 amide bonds. The van der Waals surface area contributed by atoms with Crippen molar-refractivity contribution in [2.45, 2.75) is 33.2 Å². The molecule has 0 bridgehead atoms. The van der Waals surface area contributed by atoms with E-state index in [9.17, 15) is 0 Å². The van der Waals surface area contributed by atoms with Gasteiger partial charge in [0, 0.05) is 24.3 Å². The van der Waals surface area contributed by atoms with Gasteiger partial charge in [-0.25, -0.2) is 0 Å². The Bertz CT molecular complexity index is 566. The highest BCUT2D eigenvalue weighted by molar-refractivity contribution is 7.71. The smallest absolute Gasteiger partial charge is 0.177 e. The Morgan fingerprint density at radius 1 is 1.47 bits per heavy atom. The zero-order valence-electron chi connectivity index (χ0n) is 10.4. The highest BCUT2D eigenvalue weighted by Crippen LogP contribution is 2.17. The summed E-state index contributed by atoms with van der Waals surface area (Å²) < 4.78 is 2.92. The summed E-state index contributed by atoms with van der Waals surface area (Å²) in [6.07, 6.45) is 5.73. The van der Waals surface area contributed by atoms with Crippen LogP contribution >= 0.6 is 12.2 Å². The second-order valence-corrected chi connectivity index (χ2v) is 4.95. The number of pyridine rings is 1. The van der Waals surface area contributed by atoms with E-state index in [1.54, 1.807) is 0 Å². The van der Waals surface area contributed by atoms with Crippen molar-refractivity contribution >= 4 is 12.2 Å². The van der Waals surface area contributed by atoms with Crippen LogP contribution in [-0.4, -0.2) is 14.5 Å². The van der Waals surface area contributed by atoms with E-state index in [1.165, 1.54) is 16.8 Å². The summed E-state index contributed by atoms with van der Waals surface area (Å²) in [6, 6.07) is 2.03. The maximum atomic E-state index is 5.32. The Labute approximate surface area is 107 Å². The second kappa shape index (κ2) is 4.84. The van der Waals surface area contributed by atoms with E-state index in [-0.39, 0.29) is 0 Å². The van der Waals surface area contributed by atoms with Crippen molar-refractivity contribution in [3.05, 3.63) is 46.2 Å². The van der Waals surface area contributed by atoms with Crippen molar-refractivity contribution in [1.29, 1.82) is 0 Å². The average Bonchev–Trinajstić information content (AvgIpc) is 2.64. The average molecular weight is 247 g/mol. The lowest BCUT2D eigenvalue weighted by Crippen LogP contribution is -2.07. The van der Waals surface area contributed by atoms with Crippen LogP contribution in [0.3, 0.4) is 0 Å². The molecule has 3 nitrogen and oxygen atoms in total. The van der Waals surface area contributed by atoms with E-state index in [1.807, 2.05) is 24.7 Å². The standard InChI is InChI=1S/C13H17N3S/c1-9(2)12-7-15-13(17)16(12)8-11-6-14-5-4-10(11)3/h4-7,9H,8H2,1-3H3,(H,15,17). The SMILES string of the molecule is Cc1ccncc1Cn1c(C(C)C)c[nH]c1=S. The fourth-order valence-corrected chi connectivity index (χ4v) is 2.11. The lowest BCUT2D eigenvalue weighted by atomic mass is 10.1. The Balaban J connectivity index is 2.40. The van der Waals surface area contributed by atoms with E-state index in [2.05, 4.69) is 35.3 Å². The molecular formula is C13H17N3S. The summed E-state index contributed by atoms with van der Waals surface area (Å²) in [4.78, 5) is 7.29. The molecule has 2 aromatic heterocycles. The summed E-state index contributed by atoms with van der Waals surface area (Å²) in [7, 11) is 0. The predicted molar refractivity (Wildman–Crippen MR) is 71.8 cm³/mol. The first-order valence-corrected chi connectivity index (χ1v) is 6.18. The quantitative estimate of drug-likeness (QED) is 0.843. The van der Waals surface area contributed by atoms with Gasteiger partial charge < -0.3 is 9.55 Å². The predicted octanol–water partition coefficient (Wildman–Crippen LogP) is 3.42. The molecule has 0 atom stereocenters. The van der Waals surface area contributed by atoms with Crippen LogP contribution < -0.4 is 0 Å². The Hall–Kier alpha value is -1.42. The molecule has 0 aliphatic heterocycles. The first-order valence-electron chi connectivity index (χ1n) is 5.77. The first kappa shape index (κ1) is 12.0. The van der Waals surface area contributed by atoms with Crippen LogP contribution in [0.1, 0.15) is 36.6 Å². The fraction of sp³-hybridized carbons (Fsp3) is 0.385. The van der Waals surface area contributed by atoms with Crippen molar-refractivity contribution < 1.29 is 0 Å². The third-order valence-corrected chi connectivity index (χ3v) is 3.31. The van der Waals surface area contributed by atoms with Crippen molar-refractivity contribution in [2.75, 3.05) is 0 Å². The number of imidazole rings is 1. The zero-order valence-corrected chi connectivity index (χ0v) is 11.2. The van der Waals surface area contributed by atoms with Crippen molar-refractivity contribution in [3.8, 4) is 0 Å². The monoisotopic (exact) mass is 247 g/mol. The van der Waals surface area contributed by atoms with Crippen LogP contribution in [0, 0.1) is 11.7 Å². The van der Waals surface area contributed by atoms with Gasteiger partial charge in [-0.3, -0.25) is 4.98 Å². The lowest BCUT2D eigenvalue weighted by Gasteiger charge is -2.12. The van der Waals surface area contributed by atoms with Crippen LogP contribution in [0.15, 0.2) is 24.7 Å². The number of nitrogens with zero attached hydrogens (tertiary/aromatic N) is 2. The van der Waals surface area contributed by atoms with E-state index in [4.69, 9.17) is 12.2 Å². The zero-order chi connectivity index (χ0) is 12.4. The maximum absolute atomic E-state index is 5.32. The van der Waals surface area contributed by atoms with Crippen molar-refractivity contribution in [2.24, 2.45) is 0 Å². The number of rotatable bonds is 3. The number of H-pyrrole nitrogens is 1. The van der Waals surface area contributed by atoms with E-state index in [0.717, 1.165) is 11.3 Å². The Morgan fingerprint density at radius 2 is 2.24 bits per heavy atom. The van der Waals surface area contributed by atoms with E-state index < -0.39 is 0 Å². The van der Waals surface area contributed by atoms with Crippen LogP contribution in [0.25, 0.3) is 0 Å². The maximum Gasteiger partial charge on any atom is 0.177 e. The molecular weight excluding hydrogens is 230 g/mol. The summed E-state index contributed by atoms with van der Waals surface area (Å²) in [5, 5.41) is 0. The molecule has 90 valence electrons. The van der Waals surface area contributed by atoms with Gasteiger partial charge in [0.15, 0.2) is 4.77 Å². The number of aryl methyl sites for hydroxylation is 1. The molecule has 17 heavy (non-hydrogen) atoms. The Kier molecular flexibility index (Phi) is 3.43. The third kappa shape index (κ3) is 2.47. The Morgan fingerprint density at radius 3 is 2.88 bits per heavy atom. The highest BCUT2D eigenvalue weighted by Gasteiger charge is 2.09. The molecule has 0 radical (unpaired) electrons. The number of aromatic amines is 1. The van der Waals surface area contributed by atoms with Gasteiger partial charge in [-0.2, -0.15) is 0 Å². The van der Waals surface area contributed by atoms with Crippen LogP contribution in [0.5, 0.6) is 0 Å². The normalized spacial score (nSPS) is 11.1. The number of hydrogen-bond acceptors (Lipinski definition) is 2. The van der Waals surface area contributed by atoms with Gasteiger partial charge in [0.05, 0.1) is 6.54 Å². The minimum absolute atomic E-state index is 0.458. The van der Waals surface area contributed by atoms with Gasteiger partial charge in [0.1, 0.15) is 0 Å². The molecule has 0 saturated carbocycles. The molecule has 2 aromatic rings. The van der Waals surface area contributed by atoms with Crippen molar-refractivity contribution in [1.82, 2.24) is 14.5 Å². The molecule has 2 heterocycles. The molecule has 0 unspecified atom stereocenters. The van der Waals surface area contributed by atoms with Gasteiger partial charge in [-0.15, -0.1) is 0 Å². The highest BCUT2D eigenvalue weighted by atomic mass is 32.1.